The first-order valence-corrected chi connectivity index (χ1v) is 18.7. The molecule has 10 rings (SSSR count). The number of fused-ring (bicyclic) bond motifs is 4. The first-order valence-electron chi connectivity index (χ1n) is 18.7. The summed E-state index contributed by atoms with van der Waals surface area (Å²) in [5.41, 5.74) is 14.9. The minimum Gasteiger partial charge on any atom is -0.460 e. The van der Waals surface area contributed by atoms with E-state index in [0.717, 1.165) is 63.5 Å². The second kappa shape index (κ2) is 13.6. The summed E-state index contributed by atoms with van der Waals surface area (Å²) in [5, 5.41) is 3.68. The number of benzene rings is 8. The highest BCUT2D eigenvalue weighted by Crippen LogP contribution is 2.44. The van der Waals surface area contributed by atoms with Gasteiger partial charge in [0, 0.05) is 40.0 Å². The van der Waals surface area contributed by atoms with Crippen LogP contribution in [0.2, 0.25) is 0 Å². The first-order chi connectivity index (χ1) is 26.8. The van der Waals surface area contributed by atoms with E-state index in [1.807, 2.05) is 0 Å². The van der Waals surface area contributed by atoms with Crippen LogP contribution in [0.25, 0.3) is 72.3 Å². The van der Waals surface area contributed by atoms with Crippen molar-refractivity contribution in [3.63, 3.8) is 0 Å². The van der Waals surface area contributed by atoms with Gasteiger partial charge in [-0.05, 0) is 105 Å². The number of nitrogens with zero attached hydrogens (tertiary/aromatic N) is 1. The zero-order valence-electron chi connectivity index (χ0n) is 29.8. The lowest BCUT2D eigenvalue weighted by Crippen LogP contribution is -2.09. The number of aryl methyl sites for hydroxylation is 1. The summed E-state index contributed by atoms with van der Waals surface area (Å²) in [7, 11) is 0. The average molecular weight is 692 g/mol. The van der Waals surface area contributed by atoms with Crippen LogP contribution in [0.4, 0.5) is 17.1 Å². The normalized spacial score (nSPS) is 12.2. The van der Waals surface area contributed by atoms with Crippen molar-refractivity contribution in [3.05, 3.63) is 205 Å². The van der Waals surface area contributed by atoms with E-state index in [4.69, 9.17) is 4.42 Å². The van der Waals surface area contributed by atoms with Crippen molar-refractivity contribution >= 4 is 44.9 Å². The maximum atomic E-state index is 6.66. The van der Waals surface area contributed by atoms with Crippen LogP contribution in [-0.2, 0) is 6.42 Å². The molecule has 2 nitrogen and oxygen atoms in total. The molecule has 9 aromatic rings. The summed E-state index contributed by atoms with van der Waals surface area (Å²) in [5.74, 6) is 1.08. The SMILES string of the molecule is C1=Cc2c(oc3c(-c4ccccc4)c(-c4ccc(N(c5ccc(-c6ccccc6)cc5)c5ccc(-c6ccc7ccccc7c6)cc5)cc4)ccc23)CC1. The molecular formula is C52H37NO. The Labute approximate surface area is 315 Å². The lowest BCUT2D eigenvalue weighted by atomic mass is 9.91. The third-order valence-electron chi connectivity index (χ3n) is 10.7. The molecule has 256 valence electrons. The van der Waals surface area contributed by atoms with Crippen molar-refractivity contribution in [2.75, 3.05) is 4.90 Å². The molecule has 0 saturated carbocycles. The fourth-order valence-electron chi connectivity index (χ4n) is 7.99. The second-order valence-electron chi connectivity index (χ2n) is 14.0. The molecule has 0 bridgehead atoms. The number of rotatable bonds is 7. The number of hydrogen-bond donors (Lipinski definition) is 0. The number of anilines is 3. The van der Waals surface area contributed by atoms with Crippen LogP contribution in [0.15, 0.2) is 199 Å². The highest BCUT2D eigenvalue weighted by atomic mass is 16.3. The van der Waals surface area contributed by atoms with Gasteiger partial charge in [0.2, 0.25) is 0 Å². The molecule has 0 spiro atoms. The van der Waals surface area contributed by atoms with Crippen LogP contribution in [0.1, 0.15) is 17.7 Å². The van der Waals surface area contributed by atoms with E-state index in [9.17, 15) is 0 Å². The molecule has 0 amide bonds. The lowest BCUT2D eigenvalue weighted by molar-refractivity contribution is 0.547. The molecule has 0 unspecified atom stereocenters. The van der Waals surface area contributed by atoms with Gasteiger partial charge in [-0.15, -0.1) is 0 Å². The van der Waals surface area contributed by atoms with Crippen molar-refractivity contribution < 1.29 is 4.42 Å². The van der Waals surface area contributed by atoms with Gasteiger partial charge in [0.1, 0.15) is 11.3 Å². The molecule has 8 aromatic carbocycles. The number of furan rings is 1. The Morgan fingerprint density at radius 2 is 0.963 bits per heavy atom. The summed E-state index contributed by atoms with van der Waals surface area (Å²) in [6, 6.07) is 67.8. The second-order valence-corrected chi connectivity index (χ2v) is 14.0. The van der Waals surface area contributed by atoms with Crippen LogP contribution < -0.4 is 4.90 Å². The van der Waals surface area contributed by atoms with Crippen LogP contribution in [0.5, 0.6) is 0 Å². The van der Waals surface area contributed by atoms with Crippen molar-refractivity contribution in [3.8, 4) is 44.5 Å². The molecule has 1 aliphatic carbocycles. The summed E-state index contributed by atoms with van der Waals surface area (Å²) in [6.07, 6.45) is 6.43. The van der Waals surface area contributed by atoms with E-state index >= 15 is 0 Å². The van der Waals surface area contributed by atoms with E-state index in [1.165, 1.54) is 44.0 Å². The molecule has 0 aliphatic heterocycles. The summed E-state index contributed by atoms with van der Waals surface area (Å²) in [6.45, 7) is 0. The van der Waals surface area contributed by atoms with Crippen molar-refractivity contribution in [2.45, 2.75) is 12.8 Å². The van der Waals surface area contributed by atoms with E-state index in [-0.39, 0.29) is 0 Å². The van der Waals surface area contributed by atoms with E-state index < -0.39 is 0 Å². The fraction of sp³-hybridized carbons (Fsp3) is 0.0385. The lowest BCUT2D eigenvalue weighted by Gasteiger charge is -2.26. The molecule has 0 saturated heterocycles. The maximum Gasteiger partial charge on any atom is 0.143 e. The monoisotopic (exact) mass is 691 g/mol. The van der Waals surface area contributed by atoms with Gasteiger partial charge in [0.25, 0.3) is 0 Å². The van der Waals surface area contributed by atoms with Crippen molar-refractivity contribution in [1.82, 2.24) is 0 Å². The van der Waals surface area contributed by atoms with Gasteiger partial charge in [0.05, 0.1) is 0 Å². The van der Waals surface area contributed by atoms with Crippen LogP contribution >= 0.6 is 0 Å². The van der Waals surface area contributed by atoms with Gasteiger partial charge in [0.15, 0.2) is 0 Å². The van der Waals surface area contributed by atoms with Gasteiger partial charge < -0.3 is 9.32 Å². The quantitative estimate of drug-likeness (QED) is 0.165. The van der Waals surface area contributed by atoms with Gasteiger partial charge in [-0.2, -0.15) is 0 Å². The molecule has 1 aromatic heterocycles. The molecule has 0 fully saturated rings. The van der Waals surface area contributed by atoms with E-state index in [1.54, 1.807) is 0 Å². The maximum absolute atomic E-state index is 6.66. The van der Waals surface area contributed by atoms with Crippen molar-refractivity contribution in [2.24, 2.45) is 0 Å². The first kappa shape index (κ1) is 31.8. The minimum atomic E-state index is 0.935. The zero-order chi connectivity index (χ0) is 35.8. The Balaban J connectivity index is 1.06. The summed E-state index contributed by atoms with van der Waals surface area (Å²) >= 11 is 0. The average Bonchev–Trinajstić information content (AvgIpc) is 3.63. The number of allylic oxidation sites excluding steroid dienone is 1. The Bertz CT molecular complexity index is 2780. The summed E-state index contributed by atoms with van der Waals surface area (Å²) in [4.78, 5) is 2.34. The van der Waals surface area contributed by atoms with Gasteiger partial charge in [-0.1, -0.05) is 152 Å². The standard InChI is InChI=1S/C52H37NO/c1-3-11-36(12-4-1)38-21-27-44(28-22-38)53(45-29-23-39(24-30-45)43-20-19-37-13-7-8-16-42(37)35-43)46-31-25-40(26-32-46)47-33-34-49-48-17-9-10-18-50(48)54-52(49)51(47)41-14-5-2-6-15-41/h1-9,11-17,19-35H,10,18H2. The van der Waals surface area contributed by atoms with E-state index in [0.29, 0.717) is 0 Å². The third kappa shape index (κ3) is 5.79. The molecule has 2 heteroatoms. The molecule has 1 aliphatic rings. The largest absolute Gasteiger partial charge is 0.460 e. The Hall–Kier alpha value is -6.90. The molecule has 54 heavy (non-hydrogen) atoms. The Morgan fingerprint density at radius 3 is 1.63 bits per heavy atom. The van der Waals surface area contributed by atoms with Gasteiger partial charge in [-0.25, -0.2) is 0 Å². The van der Waals surface area contributed by atoms with Gasteiger partial charge in [-0.3, -0.25) is 0 Å². The zero-order valence-corrected chi connectivity index (χ0v) is 29.8. The molecule has 0 atom stereocenters. The van der Waals surface area contributed by atoms with Crippen LogP contribution in [0, 0.1) is 0 Å². The Morgan fingerprint density at radius 1 is 0.426 bits per heavy atom. The van der Waals surface area contributed by atoms with Crippen LogP contribution in [-0.4, -0.2) is 0 Å². The fourth-order valence-corrected chi connectivity index (χ4v) is 7.99. The number of hydrogen-bond acceptors (Lipinski definition) is 2. The highest BCUT2D eigenvalue weighted by Gasteiger charge is 2.21. The molecule has 0 radical (unpaired) electrons. The Kier molecular flexibility index (Phi) is 8.00. The molecule has 1 heterocycles. The highest BCUT2D eigenvalue weighted by molar-refractivity contribution is 6.05. The predicted octanol–water partition coefficient (Wildman–Crippen LogP) is 14.7. The topological polar surface area (TPSA) is 16.4 Å². The minimum absolute atomic E-state index is 0.935. The van der Waals surface area contributed by atoms with Crippen LogP contribution in [0.3, 0.4) is 0 Å². The van der Waals surface area contributed by atoms with Gasteiger partial charge >= 0.3 is 0 Å². The molecular weight excluding hydrogens is 655 g/mol. The van der Waals surface area contributed by atoms with Crippen molar-refractivity contribution in [1.29, 1.82) is 0 Å². The molecule has 0 N–H and O–H groups in total. The smallest absolute Gasteiger partial charge is 0.143 e. The third-order valence-corrected chi connectivity index (χ3v) is 10.7. The summed E-state index contributed by atoms with van der Waals surface area (Å²) < 4.78 is 6.66. The van der Waals surface area contributed by atoms with E-state index in [2.05, 4.69) is 205 Å². The predicted molar refractivity (Wildman–Crippen MR) is 228 cm³/mol.